The second-order valence-electron chi connectivity index (χ2n) is 7.22. The van der Waals surface area contributed by atoms with Gasteiger partial charge >= 0.3 is 0 Å². The summed E-state index contributed by atoms with van der Waals surface area (Å²) in [6.45, 7) is 7.26. The van der Waals surface area contributed by atoms with Gasteiger partial charge in [0.1, 0.15) is 17.8 Å². The standard InChI is InChI=1S/C20H25FN2O4/c1-4-23(15-8-9-27-20(2,3)11-15)19(24)17-12-26-18(22-17)13-25-16-7-5-6-14(21)10-16/h5-7,10,12,15H,4,8-9,11,13H2,1-3H3. The number of rotatable bonds is 6. The summed E-state index contributed by atoms with van der Waals surface area (Å²) < 4.78 is 29.7. The number of oxazole rings is 1. The van der Waals surface area contributed by atoms with Crippen LogP contribution in [-0.4, -0.2) is 40.6 Å². The van der Waals surface area contributed by atoms with Crippen LogP contribution >= 0.6 is 0 Å². The van der Waals surface area contributed by atoms with Crippen LogP contribution < -0.4 is 4.74 Å². The van der Waals surface area contributed by atoms with Crippen LogP contribution in [0.2, 0.25) is 0 Å². The summed E-state index contributed by atoms with van der Waals surface area (Å²) >= 11 is 0. The highest BCUT2D eigenvalue weighted by Gasteiger charge is 2.34. The first-order chi connectivity index (χ1) is 12.9. The maximum Gasteiger partial charge on any atom is 0.276 e. The van der Waals surface area contributed by atoms with E-state index in [-0.39, 0.29) is 41.6 Å². The van der Waals surface area contributed by atoms with Crippen LogP contribution in [-0.2, 0) is 11.3 Å². The Morgan fingerprint density at radius 1 is 1.44 bits per heavy atom. The summed E-state index contributed by atoms with van der Waals surface area (Å²) in [5, 5.41) is 0. The largest absolute Gasteiger partial charge is 0.484 e. The van der Waals surface area contributed by atoms with Gasteiger partial charge in [-0.3, -0.25) is 4.79 Å². The van der Waals surface area contributed by atoms with Crippen LogP contribution in [0.4, 0.5) is 4.39 Å². The average Bonchev–Trinajstić information content (AvgIpc) is 3.09. The van der Waals surface area contributed by atoms with Crippen molar-refractivity contribution in [3.63, 3.8) is 0 Å². The minimum atomic E-state index is -0.381. The van der Waals surface area contributed by atoms with Crippen molar-refractivity contribution in [2.75, 3.05) is 13.2 Å². The number of benzene rings is 1. The number of aromatic nitrogens is 1. The lowest BCUT2D eigenvalue weighted by Gasteiger charge is -2.40. The molecule has 1 aliphatic heterocycles. The van der Waals surface area contributed by atoms with E-state index in [1.165, 1.54) is 18.4 Å². The molecule has 6 nitrogen and oxygen atoms in total. The summed E-state index contributed by atoms with van der Waals surface area (Å²) in [5.41, 5.74) is 0.00343. The van der Waals surface area contributed by atoms with Gasteiger partial charge in [0.2, 0.25) is 5.89 Å². The number of carbonyl (C=O) groups is 1. The number of amides is 1. The molecule has 1 aromatic carbocycles. The highest BCUT2D eigenvalue weighted by Crippen LogP contribution is 2.28. The molecule has 1 aromatic heterocycles. The molecule has 2 aromatic rings. The Kier molecular flexibility index (Phi) is 5.79. The van der Waals surface area contributed by atoms with E-state index in [0.717, 1.165) is 12.8 Å². The van der Waals surface area contributed by atoms with Gasteiger partial charge in [-0.15, -0.1) is 0 Å². The van der Waals surface area contributed by atoms with E-state index in [0.29, 0.717) is 18.9 Å². The number of halogens is 1. The van der Waals surface area contributed by atoms with Crippen molar-refractivity contribution < 1.29 is 23.1 Å². The van der Waals surface area contributed by atoms with Crippen molar-refractivity contribution in [3.05, 3.63) is 47.9 Å². The first-order valence-corrected chi connectivity index (χ1v) is 9.15. The van der Waals surface area contributed by atoms with Crippen molar-refractivity contribution in [1.82, 2.24) is 9.88 Å². The summed E-state index contributed by atoms with van der Waals surface area (Å²) in [6.07, 6.45) is 2.93. The molecule has 0 radical (unpaired) electrons. The fourth-order valence-electron chi connectivity index (χ4n) is 3.36. The number of hydrogen-bond acceptors (Lipinski definition) is 5. The van der Waals surface area contributed by atoms with E-state index >= 15 is 0 Å². The van der Waals surface area contributed by atoms with E-state index in [4.69, 9.17) is 13.9 Å². The van der Waals surface area contributed by atoms with Gasteiger partial charge < -0.3 is 18.8 Å². The molecule has 0 N–H and O–H groups in total. The summed E-state index contributed by atoms with van der Waals surface area (Å²) in [4.78, 5) is 18.9. The van der Waals surface area contributed by atoms with Gasteiger partial charge in [-0.25, -0.2) is 9.37 Å². The Labute approximate surface area is 158 Å². The van der Waals surface area contributed by atoms with Gasteiger partial charge in [-0.2, -0.15) is 0 Å². The fourth-order valence-corrected chi connectivity index (χ4v) is 3.36. The Hall–Kier alpha value is -2.41. The zero-order chi connectivity index (χ0) is 19.4. The quantitative estimate of drug-likeness (QED) is 0.767. The third-order valence-corrected chi connectivity index (χ3v) is 4.64. The Morgan fingerprint density at radius 2 is 2.26 bits per heavy atom. The molecule has 0 bridgehead atoms. The van der Waals surface area contributed by atoms with Gasteiger partial charge in [0.25, 0.3) is 5.91 Å². The van der Waals surface area contributed by atoms with Crippen LogP contribution in [0.15, 0.2) is 34.9 Å². The minimum absolute atomic E-state index is 0.0210. The maximum absolute atomic E-state index is 13.2. The van der Waals surface area contributed by atoms with Crippen LogP contribution in [0.5, 0.6) is 5.75 Å². The van der Waals surface area contributed by atoms with Crippen LogP contribution in [0.25, 0.3) is 0 Å². The SMILES string of the molecule is CCN(C(=O)c1coc(COc2cccc(F)c2)n1)C1CCOC(C)(C)C1. The number of ether oxygens (including phenoxy) is 2. The normalized spacial score (nSPS) is 18.9. The van der Waals surface area contributed by atoms with Gasteiger partial charge in [0, 0.05) is 25.3 Å². The molecule has 7 heteroatoms. The molecule has 0 saturated carbocycles. The summed E-state index contributed by atoms with van der Waals surface area (Å²) in [6, 6.07) is 5.93. The Balaban J connectivity index is 1.64. The van der Waals surface area contributed by atoms with E-state index in [1.54, 1.807) is 12.1 Å². The Bertz CT molecular complexity index is 790. The monoisotopic (exact) mass is 376 g/mol. The molecule has 1 amide bonds. The maximum atomic E-state index is 13.2. The molecule has 1 saturated heterocycles. The molecule has 1 atom stereocenters. The summed E-state index contributed by atoms with van der Waals surface area (Å²) in [5.74, 6) is 0.0985. The van der Waals surface area contributed by atoms with Crippen LogP contribution in [0.1, 0.15) is 50.0 Å². The third-order valence-electron chi connectivity index (χ3n) is 4.64. The van der Waals surface area contributed by atoms with Gasteiger partial charge in [0.15, 0.2) is 12.3 Å². The van der Waals surface area contributed by atoms with Crippen molar-refractivity contribution >= 4 is 5.91 Å². The topological polar surface area (TPSA) is 64.8 Å². The zero-order valence-corrected chi connectivity index (χ0v) is 15.9. The van der Waals surface area contributed by atoms with E-state index in [2.05, 4.69) is 4.98 Å². The zero-order valence-electron chi connectivity index (χ0n) is 15.9. The molecule has 1 aliphatic rings. The lowest BCUT2D eigenvalue weighted by atomic mass is 9.92. The molecule has 3 rings (SSSR count). The van der Waals surface area contributed by atoms with E-state index in [9.17, 15) is 9.18 Å². The molecule has 1 fully saturated rings. The molecule has 146 valence electrons. The first-order valence-electron chi connectivity index (χ1n) is 9.15. The van der Waals surface area contributed by atoms with Crippen LogP contribution in [0, 0.1) is 5.82 Å². The highest BCUT2D eigenvalue weighted by molar-refractivity contribution is 5.92. The second-order valence-corrected chi connectivity index (χ2v) is 7.22. The van der Waals surface area contributed by atoms with Crippen molar-refractivity contribution in [2.45, 2.75) is 51.9 Å². The molecular formula is C20H25FN2O4. The Morgan fingerprint density at radius 3 is 2.96 bits per heavy atom. The number of hydrogen-bond donors (Lipinski definition) is 0. The number of carbonyl (C=O) groups excluding carboxylic acids is 1. The van der Waals surface area contributed by atoms with Crippen LogP contribution in [0.3, 0.4) is 0 Å². The molecular weight excluding hydrogens is 351 g/mol. The molecule has 0 aliphatic carbocycles. The second kappa shape index (κ2) is 8.08. The van der Waals surface area contributed by atoms with Crippen molar-refractivity contribution in [1.29, 1.82) is 0 Å². The van der Waals surface area contributed by atoms with Gasteiger partial charge in [0.05, 0.1) is 5.60 Å². The fraction of sp³-hybridized carbons (Fsp3) is 0.500. The molecule has 0 spiro atoms. The van der Waals surface area contributed by atoms with Gasteiger partial charge in [-0.1, -0.05) is 6.07 Å². The first kappa shape index (κ1) is 19.4. The van der Waals surface area contributed by atoms with Gasteiger partial charge in [-0.05, 0) is 45.7 Å². The summed E-state index contributed by atoms with van der Waals surface area (Å²) in [7, 11) is 0. The predicted octanol–water partition coefficient (Wildman–Crippen LogP) is 3.81. The van der Waals surface area contributed by atoms with E-state index < -0.39 is 0 Å². The smallest absolute Gasteiger partial charge is 0.276 e. The lowest BCUT2D eigenvalue weighted by Crippen LogP contribution is -2.48. The number of nitrogens with zero attached hydrogens (tertiary/aromatic N) is 2. The van der Waals surface area contributed by atoms with Crippen molar-refractivity contribution in [2.24, 2.45) is 0 Å². The molecule has 27 heavy (non-hydrogen) atoms. The molecule has 2 heterocycles. The third kappa shape index (κ3) is 4.86. The molecule has 1 unspecified atom stereocenters. The average molecular weight is 376 g/mol. The van der Waals surface area contributed by atoms with Crippen molar-refractivity contribution in [3.8, 4) is 5.75 Å². The van der Waals surface area contributed by atoms with E-state index in [1.807, 2.05) is 25.7 Å². The minimum Gasteiger partial charge on any atom is -0.484 e. The predicted molar refractivity (Wildman–Crippen MR) is 97.0 cm³/mol. The lowest BCUT2D eigenvalue weighted by molar-refractivity contribution is -0.0777. The highest BCUT2D eigenvalue weighted by atomic mass is 19.1.